The molecule has 8 nitrogen and oxygen atoms in total. The van der Waals surface area contributed by atoms with Crippen LogP contribution in [0.3, 0.4) is 0 Å². The van der Waals surface area contributed by atoms with Crippen LogP contribution >= 0.6 is 0 Å². The van der Waals surface area contributed by atoms with E-state index in [1.807, 2.05) is 0 Å². The summed E-state index contributed by atoms with van der Waals surface area (Å²) < 4.78 is 9.45. The number of aliphatic hydroxyl groups is 2. The normalized spacial score (nSPS) is 9.13. The molecule has 0 unspecified atom stereocenters. The second kappa shape index (κ2) is 11.9. The van der Waals surface area contributed by atoms with Crippen LogP contribution in [0.15, 0.2) is 36.9 Å². The number of carboxylic acid groups (broad SMARTS) is 1. The molecule has 126 valence electrons. The van der Waals surface area contributed by atoms with Crippen LogP contribution in [0.4, 0.5) is 0 Å². The van der Waals surface area contributed by atoms with Gasteiger partial charge in [0.05, 0.1) is 24.3 Å². The summed E-state index contributed by atoms with van der Waals surface area (Å²) in [5, 5.41) is 24.7. The number of esters is 2. The third kappa shape index (κ3) is 8.34. The molecule has 23 heavy (non-hydrogen) atoms. The van der Waals surface area contributed by atoms with Gasteiger partial charge < -0.3 is 24.8 Å². The zero-order chi connectivity index (χ0) is 17.7. The number of carbonyl (C=O) groups excluding carboxylic acids is 2. The Hall–Kier alpha value is -2.71. The number of hydrogen-bond acceptors (Lipinski definition) is 7. The highest BCUT2D eigenvalue weighted by Crippen LogP contribution is 2.11. The van der Waals surface area contributed by atoms with Gasteiger partial charge in [0.1, 0.15) is 13.2 Å². The monoisotopic (exact) mass is 326 g/mol. The average Bonchev–Trinajstić information content (AvgIpc) is 2.57. The van der Waals surface area contributed by atoms with Gasteiger partial charge in [-0.15, -0.1) is 0 Å². The molecule has 0 aliphatic carbocycles. The van der Waals surface area contributed by atoms with E-state index in [-0.39, 0.29) is 37.6 Å². The fourth-order valence-corrected chi connectivity index (χ4v) is 1.27. The lowest BCUT2D eigenvalue weighted by molar-refractivity contribution is -0.131. The Labute approximate surface area is 132 Å². The van der Waals surface area contributed by atoms with Crippen LogP contribution in [0.1, 0.15) is 20.7 Å². The number of aliphatic hydroxyl groups excluding tert-OH is 2. The highest BCUT2D eigenvalue weighted by Gasteiger charge is 2.18. The summed E-state index contributed by atoms with van der Waals surface area (Å²) in [5.41, 5.74) is 0.128. The third-order valence-electron chi connectivity index (χ3n) is 2.19. The molecular formula is C15H18O8. The first kappa shape index (κ1) is 20.3. The minimum Gasteiger partial charge on any atom is -0.478 e. The van der Waals surface area contributed by atoms with Gasteiger partial charge in [0.15, 0.2) is 0 Å². The Kier molecular flexibility index (Phi) is 10.5. The van der Waals surface area contributed by atoms with E-state index in [0.717, 1.165) is 6.08 Å². The summed E-state index contributed by atoms with van der Waals surface area (Å²) in [6.45, 7) is 2.10. The number of rotatable bonds is 7. The van der Waals surface area contributed by atoms with Crippen molar-refractivity contribution < 1.29 is 39.2 Å². The topological polar surface area (TPSA) is 130 Å². The van der Waals surface area contributed by atoms with Gasteiger partial charge in [0, 0.05) is 6.08 Å². The summed E-state index contributed by atoms with van der Waals surface area (Å²) >= 11 is 0. The minimum absolute atomic E-state index is 0.0638. The standard InChI is InChI=1S/C12H14O6.C3H4O2/c13-5-7-17-11(15)9-3-1-2-4-10(9)12(16)18-8-6-14;1-2-3(4)5/h1-4,13-14H,5-8H2;2H,1H2,(H,4,5). The van der Waals surface area contributed by atoms with Gasteiger partial charge in [-0.1, -0.05) is 18.7 Å². The highest BCUT2D eigenvalue weighted by atomic mass is 16.5. The first-order valence-corrected chi connectivity index (χ1v) is 6.48. The number of aliphatic carboxylic acids is 1. The van der Waals surface area contributed by atoms with Crippen molar-refractivity contribution in [2.75, 3.05) is 26.4 Å². The molecule has 0 spiro atoms. The van der Waals surface area contributed by atoms with Crippen LogP contribution in [-0.2, 0) is 14.3 Å². The Morgan fingerprint density at radius 2 is 1.30 bits per heavy atom. The summed E-state index contributed by atoms with van der Waals surface area (Å²) in [6.07, 6.45) is 0.833. The Morgan fingerprint density at radius 1 is 0.957 bits per heavy atom. The SMILES string of the molecule is C=CC(=O)O.O=C(OCCO)c1ccccc1C(=O)OCCO. The predicted octanol–water partition coefficient (Wildman–Crippen LogP) is 0.242. The molecule has 0 aromatic heterocycles. The molecule has 0 saturated heterocycles. The van der Waals surface area contributed by atoms with Crippen LogP contribution in [-0.4, -0.2) is 59.7 Å². The molecule has 0 aliphatic rings. The zero-order valence-electron chi connectivity index (χ0n) is 12.3. The molecule has 1 aromatic carbocycles. The fourth-order valence-electron chi connectivity index (χ4n) is 1.27. The fraction of sp³-hybridized carbons (Fsp3) is 0.267. The highest BCUT2D eigenvalue weighted by molar-refractivity contribution is 6.03. The van der Waals surface area contributed by atoms with Gasteiger partial charge >= 0.3 is 17.9 Å². The van der Waals surface area contributed by atoms with Crippen LogP contribution in [0.2, 0.25) is 0 Å². The van der Waals surface area contributed by atoms with Crippen LogP contribution < -0.4 is 0 Å². The van der Waals surface area contributed by atoms with Crippen molar-refractivity contribution >= 4 is 17.9 Å². The second-order valence-corrected chi connectivity index (χ2v) is 3.81. The maximum absolute atomic E-state index is 11.6. The molecule has 0 fully saturated rings. The molecule has 0 heterocycles. The molecule has 3 N–H and O–H groups in total. The average molecular weight is 326 g/mol. The van der Waals surface area contributed by atoms with E-state index in [4.69, 9.17) is 24.8 Å². The minimum atomic E-state index is -0.981. The first-order chi connectivity index (χ1) is 11.0. The molecule has 0 amide bonds. The van der Waals surface area contributed by atoms with Crippen LogP contribution in [0.5, 0.6) is 0 Å². The van der Waals surface area contributed by atoms with Crippen molar-refractivity contribution in [2.24, 2.45) is 0 Å². The maximum Gasteiger partial charge on any atom is 0.339 e. The Morgan fingerprint density at radius 3 is 1.57 bits per heavy atom. The van der Waals surface area contributed by atoms with Gasteiger partial charge in [-0.05, 0) is 12.1 Å². The summed E-state index contributed by atoms with van der Waals surface area (Å²) in [5.74, 6) is -2.40. The number of carboxylic acids is 1. The van der Waals surface area contributed by atoms with Crippen molar-refractivity contribution in [3.8, 4) is 0 Å². The van der Waals surface area contributed by atoms with E-state index in [0.29, 0.717) is 0 Å². The number of hydrogen-bond donors (Lipinski definition) is 3. The zero-order valence-corrected chi connectivity index (χ0v) is 12.3. The molecule has 0 aliphatic heterocycles. The van der Waals surface area contributed by atoms with E-state index < -0.39 is 17.9 Å². The van der Waals surface area contributed by atoms with Crippen LogP contribution in [0.25, 0.3) is 0 Å². The van der Waals surface area contributed by atoms with E-state index >= 15 is 0 Å². The molecule has 0 radical (unpaired) electrons. The van der Waals surface area contributed by atoms with Crippen molar-refractivity contribution in [3.05, 3.63) is 48.0 Å². The van der Waals surface area contributed by atoms with Gasteiger partial charge in [0.25, 0.3) is 0 Å². The Bertz CT molecular complexity index is 499. The molecule has 0 atom stereocenters. The molecule has 0 saturated carbocycles. The molecule has 0 bridgehead atoms. The second-order valence-electron chi connectivity index (χ2n) is 3.81. The largest absolute Gasteiger partial charge is 0.478 e. The lowest BCUT2D eigenvalue weighted by atomic mass is 10.1. The molecule has 8 heteroatoms. The van der Waals surface area contributed by atoms with Gasteiger partial charge in [-0.2, -0.15) is 0 Å². The predicted molar refractivity (Wildman–Crippen MR) is 79.0 cm³/mol. The van der Waals surface area contributed by atoms with Gasteiger partial charge in [-0.3, -0.25) is 0 Å². The van der Waals surface area contributed by atoms with Crippen molar-refractivity contribution in [2.45, 2.75) is 0 Å². The molecular weight excluding hydrogens is 308 g/mol. The summed E-state index contributed by atoms with van der Waals surface area (Å²) in [6, 6.07) is 6.02. The van der Waals surface area contributed by atoms with Crippen molar-refractivity contribution in [3.63, 3.8) is 0 Å². The van der Waals surface area contributed by atoms with Crippen molar-refractivity contribution in [1.29, 1.82) is 0 Å². The summed E-state index contributed by atoms with van der Waals surface area (Å²) in [7, 11) is 0. The van der Waals surface area contributed by atoms with Gasteiger partial charge in [-0.25, -0.2) is 14.4 Å². The number of benzene rings is 1. The van der Waals surface area contributed by atoms with E-state index in [1.165, 1.54) is 12.1 Å². The first-order valence-electron chi connectivity index (χ1n) is 6.48. The lowest BCUT2D eigenvalue weighted by Gasteiger charge is -2.08. The Balaban J connectivity index is 0.000000841. The number of ether oxygens (including phenoxy) is 2. The third-order valence-corrected chi connectivity index (χ3v) is 2.19. The smallest absolute Gasteiger partial charge is 0.339 e. The van der Waals surface area contributed by atoms with Crippen LogP contribution in [0, 0.1) is 0 Å². The maximum atomic E-state index is 11.6. The molecule has 1 rings (SSSR count). The van der Waals surface area contributed by atoms with Crippen molar-refractivity contribution in [1.82, 2.24) is 0 Å². The lowest BCUT2D eigenvalue weighted by Crippen LogP contribution is -2.16. The van der Waals surface area contributed by atoms with Gasteiger partial charge in [0.2, 0.25) is 0 Å². The quantitative estimate of drug-likeness (QED) is 0.480. The van der Waals surface area contributed by atoms with E-state index in [1.54, 1.807) is 12.1 Å². The van der Waals surface area contributed by atoms with E-state index in [2.05, 4.69) is 6.58 Å². The summed E-state index contributed by atoms with van der Waals surface area (Å²) in [4.78, 5) is 32.5. The van der Waals surface area contributed by atoms with E-state index in [9.17, 15) is 14.4 Å². The molecule has 1 aromatic rings. The number of carbonyl (C=O) groups is 3.